The maximum absolute atomic E-state index is 13.4. The summed E-state index contributed by atoms with van der Waals surface area (Å²) in [5.41, 5.74) is 2.27. The predicted octanol–water partition coefficient (Wildman–Crippen LogP) is -10.3. The molecule has 0 saturated carbocycles. The van der Waals surface area contributed by atoms with Gasteiger partial charge in [-0.05, 0) is 65.4 Å². The molecule has 0 bridgehead atoms. The number of carbonyl (C=O) groups is 5. The van der Waals surface area contributed by atoms with E-state index in [0.717, 1.165) is 13.8 Å². The van der Waals surface area contributed by atoms with Crippen LogP contribution in [0.5, 0.6) is 11.5 Å². The molecule has 0 aromatic heterocycles. The molecule has 622 valence electrons. The zero-order valence-electron chi connectivity index (χ0n) is 59.8. The Morgan fingerprint density at radius 1 is 0.369 bits per heavy atom. The zero-order valence-corrected chi connectivity index (χ0v) is 59.8. The topological polar surface area (TPSA) is 647 Å². The average molecular weight is 1590 g/mol. The summed E-state index contributed by atoms with van der Waals surface area (Å²) in [6, 6.07) is 14.9. The Labute approximate surface area is 632 Å². The van der Waals surface area contributed by atoms with Crippen molar-refractivity contribution in [2.24, 2.45) is 0 Å². The molecule has 0 spiro atoms. The summed E-state index contributed by atoms with van der Waals surface area (Å²) in [5.74, 6) is -3.61. The summed E-state index contributed by atoms with van der Waals surface area (Å²) in [5, 5.41) is 211. The van der Waals surface area contributed by atoms with Crippen molar-refractivity contribution in [1.82, 2.24) is 21.3 Å². The standard InChI is InChI=1S/C69H98N4O38/c1-28(80)72-45-51(88)59(108-68-57(94)61(49(86)39(22-76)104-68)110-66-55(92)53(90)47(84)37(20-74)102-66)41(24-78)106-64(45)98-13-5-11-70-43(82)26-100-35-17-34(32-9-3-7-30(15-32)31-8-4-10-33(16-31)63(96)97)18-36(19-35)101-27-44(83)71-12-6-14-99-65-46(73-29(2)81)52(89)60(42(25-79)107-65)109-69-58(95)62(50(87)40(23-77)105-69)111-67-56(93)54(91)48(85)38(21-75)103-67/h3-4,7-10,15-19,37-42,45-62,64-69,74-79,84-95H,5-6,11-14,20-27H2,1-2H3,(H,70,82)(H,71,83)(H,72,80)(H,73,81)(H,96,97)/t37?,38?,39?,40?,41?,42?,45?,46?,47-,48-,49-,50-,51+,52+,53?,54?,55-,56-,57?,58?,59+,60+,61-,62-,64+,65+,66+,67+,68-,69-/m0/s1. The minimum absolute atomic E-state index is 0.0415. The fourth-order valence-corrected chi connectivity index (χ4v) is 13.2. The molecule has 6 heterocycles. The number of amides is 4. The molecule has 6 aliphatic heterocycles. The molecule has 42 nitrogen and oxygen atoms in total. The molecule has 42 heteroatoms. The smallest absolute Gasteiger partial charge is 0.335 e. The Hall–Kier alpha value is -6.59. The lowest BCUT2D eigenvalue weighted by Gasteiger charge is -2.48. The highest BCUT2D eigenvalue weighted by Crippen LogP contribution is 2.38. The monoisotopic (exact) mass is 1590 g/mol. The first-order valence-corrected chi connectivity index (χ1v) is 35.6. The van der Waals surface area contributed by atoms with Gasteiger partial charge >= 0.3 is 5.97 Å². The molecule has 6 saturated heterocycles. The Kier molecular flexibility index (Phi) is 32.7. The Morgan fingerprint density at radius 3 is 1.09 bits per heavy atom. The van der Waals surface area contributed by atoms with E-state index in [4.69, 9.17) is 66.3 Å². The van der Waals surface area contributed by atoms with Crippen LogP contribution in [0.15, 0.2) is 66.7 Å². The molecule has 30 atom stereocenters. The first-order valence-electron chi connectivity index (χ1n) is 35.6. The number of rotatable bonds is 35. The summed E-state index contributed by atoms with van der Waals surface area (Å²) in [4.78, 5) is 63.6. The number of aliphatic hydroxyl groups excluding tert-OH is 18. The van der Waals surface area contributed by atoms with Crippen LogP contribution in [0.25, 0.3) is 22.3 Å². The lowest BCUT2D eigenvalue weighted by Crippen LogP contribution is -2.68. The van der Waals surface area contributed by atoms with Crippen molar-refractivity contribution >= 4 is 29.6 Å². The highest BCUT2D eigenvalue weighted by atomic mass is 16.8. The second-order valence-corrected chi connectivity index (χ2v) is 27.0. The van der Waals surface area contributed by atoms with Crippen molar-refractivity contribution in [3.63, 3.8) is 0 Å². The van der Waals surface area contributed by atoms with E-state index < -0.39 is 267 Å². The molecule has 12 unspecified atom stereocenters. The van der Waals surface area contributed by atoms with Crippen LogP contribution in [0.2, 0.25) is 0 Å². The average Bonchev–Trinajstić information content (AvgIpc) is 0.777. The lowest BCUT2D eigenvalue weighted by atomic mass is 9.95. The number of aromatic carboxylic acids is 1. The van der Waals surface area contributed by atoms with E-state index in [-0.39, 0.29) is 56.2 Å². The number of carbonyl (C=O) groups excluding carboxylic acids is 4. The van der Waals surface area contributed by atoms with Crippen molar-refractivity contribution in [3.05, 3.63) is 72.3 Å². The number of ether oxygens (including phenoxy) is 14. The lowest BCUT2D eigenvalue weighted by molar-refractivity contribution is -0.376. The minimum Gasteiger partial charge on any atom is -0.484 e. The van der Waals surface area contributed by atoms with Crippen molar-refractivity contribution in [2.75, 3.05) is 79.2 Å². The van der Waals surface area contributed by atoms with Gasteiger partial charge in [0.05, 0.1) is 58.4 Å². The number of hydrogen-bond acceptors (Lipinski definition) is 37. The van der Waals surface area contributed by atoms with Gasteiger partial charge in [-0.3, -0.25) is 19.2 Å². The van der Waals surface area contributed by atoms with Crippen LogP contribution in [0.4, 0.5) is 0 Å². The van der Waals surface area contributed by atoms with Gasteiger partial charge in [-0.15, -0.1) is 0 Å². The highest BCUT2D eigenvalue weighted by Gasteiger charge is 2.57. The van der Waals surface area contributed by atoms with E-state index in [2.05, 4.69) is 21.3 Å². The van der Waals surface area contributed by atoms with Gasteiger partial charge < -0.3 is 185 Å². The molecule has 0 aliphatic carbocycles. The number of aliphatic hydroxyl groups is 18. The van der Waals surface area contributed by atoms with E-state index in [1.807, 2.05) is 0 Å². The molecule has 3 aromatic carbocycles. The Morgan fingerprint density at radius 2 is 0.712 bits per heavy atom. The first-order chi connectivity index (χ1) is 53.0. The zero-order chi connectivity index (χ0) is 80.7. The maximum atomic E-state index is 13.4. The van der Waals surface area contributed by atoms with Crippen molar-refractivity contribution < 1.29 is 187 Å². The molecule has 6 aliphatic rings. The van der Waals surface area contributed by atoms with Gasteiger partial charge in [0.15, 0.2) is 51.0 Å². The first kappa shape index (κ1) is 88.4. The van der Waals surface area contributed by atoms with Gasteiger partial charge in [0.2, 0.25) is 11.8 Å². The van der Waals surface area contributed by atoms with Crippen LogP contribution in [-0.2, 0) is 76.0 Å². The van der Waals surface area contributed by atoms with Gasteiger partial charge in [0.25, 0.3) is 11.8 Å². The summed E-state index contributed by atoms with van der Waals surface area (Å²) in [6.45, 7) is -4.70. The van der Waals surface area contributed by atoms with E-state index in [9.17, 15) is 121 Å². The van der Waals surface area contributed by atoms with Crippen molar-refractivity contribution in [1.29, 1.82) is 0 Å². The quantitative estimate of drug-likeness (QED) is 0.0243. The number of benzene rings is 3. The van der Waals surface area contributed by atoms with Gasteiger partial charge in [0, 0.05) is 33.0 Å². The third kappa shape index (κ3) is 22.1. The van der Waals surface area contributed by atoms with E-state index in [1.54, 1.807) is 48.5 Å². The summed E-state index contributed by atoms with van der Waals surface area (Å²) < 4.78 is 80.7. The van der Waals surface area contributed by atoms with Crippen LogP contribution in [-0.4, -0.2) is 390 Å². The molecule has 111 heavy (non-hydrogen) atoms. The molecular formula is C69H98N4O38. The van der Waals surface area contributed by atoms with Crippen LogP contribution in [0.3, 0.4) is 0 Å². The van der Waals surface area contributed by atoms with Crippen LogP contribution in [0.1, 0.15) is 37.0 Å². The normalized spacial score (nSPS) is 36.5. The Balaban J connectivity index is 0.780. The number of carboxylic acid groups (broad SMARTS) is 1. The fourth-order valence-electron chi connectivity index (χ4n) is 13.2. The molecule has 3 aromatic rings. The fraction of sp³-hybridized carbons (Fsp3) is 0.667. The van der Waals surface area contributed by atoms with Crippen LogP contribution in [0, 0.1) is 0 Å². The molecule has 6 fully saturated rings. The second-order valence-electron chi connectivity index (χ2n) is 27.0. The van der Waals surface area contributed by atoms with Gasteiger partial charge in [-0.25, -0.2) is 4.79 Å². The van der Waals surface area contributed by atoms with Crippen LogP contribution < -0.4 is 30.7 Å². The number of nitrogens with one attached hydrogen (secondary N) is 4. The van der Waals surface area contributed by atoms with Gasteiger partial charge in [0.1, 0.15) is 158 Å². The van der Waals surface area contributed by atoms with E-state index in [1.165, 1.54) is 18.2 Å². The third-order valence-corrected chi connectivity index (χ3v) is 19.1. The molecule has 0 radical (unpaired) electrons. The number of carboxylic acids is 1. The number of hydrogen-bond donors (Lipinski definition) is 23. The van der Waals surface area contributed by atoms with E-state index in [0.29, 0.717) is 22.3 Å². The van der Waals surface area contributed by atoms with Crippen molar-refractivity contribution in [2.45, 2.75) is 211 Å². The minimum atomic E-state index is -2.05. The second kappa shape index (κ2) is 41.1. The SMILES string of the molecule is CC(=O)NC1[C@H](OCCCNC(=O)COc2cc(OCC(=O)NCCCO[C@@H]3OC(CO)[C@@H](O[C@@H]4OC(CO)[C@H](O)[C@H](O[C@H]5OC(CO)[C@H](O)C(O)[C@@H]5O)C4O)[C@H](O)C3NC(C)=O)cc(-c3cccc(-c4cccc(C(=O)O)c4)c3)c2)OC(CO)[C@@H](O[C@@H]2OC(CO)[C@H](O)[C@H](O[C@H]3OC(CO)[C@H](O)C(O)[C@@H]3O)C2O)[C@@H]1O. The highest BCUT2D eigenvalue weighted by molar-refractivity contribution is 5.89. The molecular weight excluding hydrogens is 1490 g/mol. The molecule has 4 amide bonds. The van der Waals surface area contributed by atoms with Gasteiger partial charge in [-0.2, -0.15) is 0 Å². The van der Waals surface area contributed by atoms with Gasteiger partial charge in [-0.1, -0.05) is 30.3 Å². The van der Waals surface area contributed by atoms with Crippen LogP contribution >= 0.6 is 0 Å². The predicted molar refractivity (Wildman–Crippen MR) is 364 cm³/mol. The molecule has 9 rings (SSSR count). The maximum Gasteiger partial charge on any atom is 0.335 e. The summed E-state index contributed by atoms with van der Waals surface area (Å²) in [7, 11) is 0. The van der Waals surface area contributed by atoms with Crippen molar-refractivity contribution in [3.8, 4) is 33.8 Å². The summed E-state index contributed by atoms with van der Waals surface area (Å²) in [6.07, 6.45) is -49.3. The van der Waals surface area contributed by atoms with E-state index >= 15 is 0 Å². The molecule has 23 N–H and O–H groups in total. The largest absolute Gasteiger partial charge is 0.484 e. The Bertz CT molecular complexity index is 3310. The summed E-state index contributed by atoms with van der Waals surface area (Å²) >= 11 is 0. The third-order valence-electron chi connectivity index (χ3n) is 19.1.